The van der Waals surface area contributed by atoms with Crippen LogP contribution in [-0.2, 0) is 9.59 Å². The molecule has 1 aliphatic rings. The second-order valence-electron chi connectivity index (χ2n) is 5.97. The molecule has 1 aliphatic heterocycles. The summed E-state index contributed by atoms with van der Waals surface area (Å²) in [6.45, 7) is 9.23. The fraction of sp³-hybridized carbons (Fsp3) is 0.857. The molecule has 1 amide bonds. The molecule has 1 rings (SSSR count). The van der Waals surface area contributed by atoms with E-state index in [0.29, 0.717) is 32.5 Å². The Balaban J connectivity index is 2.79. The molecule has 1 unspecified atom stereocenters. The first-order valence-corrected chi connectivity index (χ1v) is 7.07. The van der Waals surface area contributed by atoms with Crippen LogP contribution >= 0.6 is 0 Å². The molecule has 0 aromatic heterocycles. The zero-order valence-electron chi connectivity index (χ0n) is 12.5. The SMILES string of the molecule is CCCC1(C(=O)O)CCN(C(=O)C(C)(C)NCC)C1. The second-order valence-corrected chi connectivity index (χ2v) is 5.97. The highest BCUT2D eigenvalue weighted by Gasteiger charge is 2.47. The number of hydrogen-bond acceptors (Lipinski definition) is 3. The van der Waals surface area contributed by atoms with E-state index in [1.54, 1.807) is 4.90 Å². The van der Waals surface area contributed by atoms with Crippen LogP contribution in [0.3, 0.4) is 0 Å². The summed E-state index contributed by atoms with van der Waals surface area (Å²) >= 11 is 0. The van der Waals surface area contributed by atoms with Gasteiger partial charge in [-0.15, -0.1) is 0 Å². The number of carboxylic acids is 1. The van der Waals surface area contributed by atoms with Crippen LogP contribution in [0.1, 0.15) is 47.0 Å². The van der Waals surface area contributed by atoms with Crippen molar-refractivity contribution in [2.45, 2.75) is 52.5 Å². The highest BCUT2D eigenvalue weighted by Crippen LogP contribution is 2.36. The van der Waals surface area contributed by atoms with E-state index >= 15 is 0 Å². The highest BCUT2D eigenvalue weighted by molar-refractivity contribution is 5.87. The van der Waals surface area contributed by atoms with Crippen molar-refractivity contribution in [3.05, 3.63) is 0 Å². The molecule has 0 radical (unpaired) electrons. The summed E-state index contributed by atoms with van der Waals surface area (Å²) in [4.78, 5) is 25.6. The predicted molar refractivity (Wildman–Crippen MR) is 73.9 cm³/mol. The molecule has 5 heteroatoms. The van der Waals surface area contributed by atoms with Crippen LogP contribution < -0.4 is 5.32 Å². The van der Waals surface area contributed by atoms with Crippen molar-refractivity contribution in [3.63, 3.8) is 0 Å². The van der Waals surface area contributed by atoms with Gasteiger partial charge in [0, 0.05) is 13.1 Å². The maximum absolute atomic E-state index is 12.4. The number of likely N-dealkylation sites (tertiary alicyclic amines) is 1. The van der Waals surface area contributed by atoms with Gasteiger partial charge in [-0.25, -0.2) is 0 Å². The Labute approximate surface area is 115 Å². The van der Waals surface area contributed by atoms with Gasteiger partial charge in [-0.3, -0.25) is 9.59 Å². The minimum atomic E-state index is -0.772. The normalized spacial score (nSPS) is 23.7. The van der Waals surface area contributed by atoms with E-state index in [1.807, 2.05) is 27.7 Å². The van der Waals surface area contributed by atoms with Gasteiger partial charge in [0.15, 0.2) is 0 Å². The predicted octanol–water partition coefficient (Wildman–Crippen LogP) is 1.48. The third-order valence-electron chi connectivity index (χ3n) is 3.98. The van der Waals surface area contributed by atoms with Crippen molar-refractivity contribution in [2.75, 3.05) is 19.6 Å². The van der Waals surface area contributed by atoms with Gasteiger partial charge in [-0.05, 0) is 33.2 Å². The van der Waals surface area contributed by atoms with E-state index in [-0.39, 0.29) is 5.91 Å². The average Bonchev–Trinajstić information content (AvgIpc) is 2.74. The van der Waals surface area contributed by atoms with Gasteiger partial charge >= 0.3 is 5.97 Å². The molecule has 19 heavy (non-hydrogen) atoms. The maximum Gasteiger partial charge on any atom is 0.311 e. The van der Waals surface area contributed by atoms with Crippen molar-refractivity contribution in [1.29, 1.82) is 0 Å². The number of nitrogens with one attached hydrogen (secondary N) is 1. The summed E-state index contributed by atoms with van der Waals surface area (Å²) < 4.78 is 0. The number of carbonyl (C=O) groups is 2. The van der Waals surface area contributed by atoms with Gasteiger partial charge in [-0.2, -0.15) is 0 Å². The molecule has 1 fully saturated rings. The molecule has 110 valence electrons. The molecule has 0 spiro atoms. The topological polar surface area (TPSA) is 69.6 Å². The third kappa shape index (κ3) is 3.26. The monoisotopic (exact) mass is 270 g/mol. The van der Waals surface area contributed by atoms with Gasteiger partial charge in [0.2, 0.25) is 5.91 Å². The van der Waals surface area contributed by atoms with Gasteiger partial charge in [0.25, 0.3) is 0 Å². The standard InChI is InChI=1S/C14H26N2O3/c1-5-7-14(12(18)19)8-9-16(10-14)11(17)13(3,4)15-6-2/h15H,5-10H2,1-4H3,(H,18,19). The Kier molecular flexibility index (Phi) is 4.96. The molecule has 0 aromatic rings. The van der Waals surface area contributed by atoms with E-state index in [0.717, 1.165) is 6.42 Å². The van der Waals surface area contributed by atoms with Gasteiger partial charge < -0.3 is 15.3 Å². The molecule has 1 heterocycles. The van der Waals surface area contributed by atoms with Crippen LogP contribution in [0.4, 0.5) is 0 Å². The van der Waals surface area contributed by atoms with Gasteiger partial charge in [-0.1, -0.05) is 20.3 Å². The zero-order valence-corrected chi connectivity index (χ0v) is 12.5. The Hall–Kier alpha value is -1.10. The summed E-state index contributed by atoms with van der Waals surface area (Å²) in [6, 6.07) is 0. The molecule has 0 aliphatic carbocycles. The summed E-state index contributed by atoms with van der Waals surface area (Å²) in [5.74, 6) is -0.778. The number of likely N-dealkylation sites (N-methyl/N-ethyl adjacent to an activating group) is 1. The summed E-state index contributed by atoms with van der Waals surface area (Å²) in [5.41, 5.74) is -1.37. The number of aliphatic carboxylic acids is 1. The fourth-order valence-electron chi connectivity index (χ4n) is 2.92. The van der Waals surface area contributed by atoms with Crippen LogP contribution in [0, 0.1) is 5.41 Å². The molecule has 1 atom stereocenters. The van der Waals surface area contributed by atoms with Crippen LogP contribution in [0.25, 0.3) is 0 Å². The number of hydrogen-bond donors (Lipinski definition) is 2. The quantitative estimate of drug-likeness (QED) is 0.767. The Bertz CT molecular complexity index is 355. The maximum atomic E-state index is 12.4. The Morgan fingerprint density at radius 1 is 1.37 bits per heavy atom. The number of amides is 1. The summed E-state index contributed by atoms with van der Waals surface area (Å²) in [5, 5.41) is 12.6. The van der Waals surface area contributed by atoms with Crippen LogP contribution in [0.5, 0.6) is 0 Å². The second kappa shape index (κ2) is 5.90. The summed E-state index contributed by atoms with van der Waals surface area (Å²) in [7, 11) is 0. The Morgan fingerprint density at radius 3 is 2.47 bits per heavy atom. The van der Waals surface area contributed by atoms with E-state index in [9.17, 15) is 14.7 Å². The molecule has 2 N–H and O–H groups in total. The largest absolute Gasteiger partial charge is 0.481 e. The van der Waals surface area contributed by atoms with E-state index in [4.69, 9.17) is 0 Å². The first-order valence-electron chi connectivity index (χ1n) is 7.07. The first-order chi connectivity index (χ1) is 8.79. The zero-order chi connectivity index (χ0) is 14.7. The molecule has 5 nitrogen and oxygen atoms in total. The molecule has 0 bridgehead atoms. The van der Waals surface area contributed by atoms with Crippen molar-refractivity contribution in [1.82, 2.24) is 10.2 Å². The minimum absolute atomic E-state index is 0.00595. The molecular formula is C14H26N2O3. The van der Waals surface area contributed by atoms with Crippen molar-refractivity contribution in [2.24, 2.45) is 5.41 Å². The van der Waals surface area contributed by atoms with Crippen LogP contribution in [0.2, 0.25) is 0 Å². The summed E-state index contributed by atoms with van der Waals surface area (Å²) in [6.07, 6.45) is 2.02. The highest BCUT2D eigenvalue weighted by atomic mass is 16.4. The molecule has 1 saturated heterocycles. The van der Waals surface area contributed by atoms with Crippen molar-refractivity contribution < 1.29 is 14.7 Å². The van der Waals surface area contributed by atoms with Crippen LogP contribution in [0.15, 0.2) is 0 Å². The molecular weight excluding hydrogens is 244 g/mol. The molecule has 0 aromatic carbocycles. The smallest absolute Gasteiger partial charge is 0.311 e. The Morgan fingerprint density at radius 2 is 2.00 bits per heavy atom. The number of nitrogens with zero attached hydrogens (tertiary/aromatic N) is 1. The number of rotatable bonds is 6. The average molecular weight is 270 g/mol. The number of carbonyl (C=O) groups excluding carboxylic acids is 1. The van der Waals surface area contributed by atoms with Crippen molar-refractivity contribution in [3.8, 4) is 0 Å². The lowest BCUT2D eigenvalue weighted by molar-refractivity contribution is -0.149. The lowest BCUT2D eigenvalue weighted by Crippen LogP contribution is -2.54. The van der Waals surface area contributed by atoms with E-state index in [2.05, 4.69) is 5.32 Å². The molecule has 0 saturated carbocycles. The van der Waals surface area contributed by atoms with E-state index in [1.165, 1.54) is 0 Å². The first kappa shape index (κ1) is 16.0. The van der Waals surface area contributed by atoms with E-state index < -0.39 is 16.9 Å². The minimum Gasteiger partial charge on any atom is -0.481 e. The lowest BCUT2D eigenvalue weighted by atomic mass is 9.83. The van der Waals surface area contributed by atoms with Gasteiger partial charge in [0.1, 0.15) is 0 Å². The van der Waals surface area contributed by atoms with Crippen molar-refractivity contribution >= 4 is 11.9 Å². The van der Waals surface area contributed by atoms with Gasteiger partial charge in [0.05, 0.1) is 11.0 Å². The lowest BCUT2D eigenvalue weighted by Gasteiger charge is -2.31. The number of carboxylic acid groups (broad SMARTS) is 1. The van der Waals surface area contributed by atoms with Crippen LogP contribution in [-0.4, -0.2) is 47.1 Å². The third-order valence-corrected chi connectivity index (χ3v) is 3.98. The fourth-order valence-corrected chi connectivity index (χ4v) is 2.92.